The first-order valence-electron chi connectivity index (χ1n) is 10.2. The maximum atomic E-state index is 12.9. The third-order valence-electron chi connectivity index (χ3n) is 6.04. The molecule has 1 saturated heterocycles. The van der Waals surface area contributed by atoms with E-state index in [9.17, 15) is 9.59 Å². The van der Waals surface area contributed by atoms with Crippen LogP contribution >= 0.6 is 0 Å². The van der Waals surface area contributed by atoms with Crippen LogP contribution < -0.4 is 0 Å². The van der Waals surface area contributed by atoms with Crippen molar-refractivity contribution in [1.29, 1.82) is 0 Å². The van der Waals surface area contributed by atoms with Crippen LogP contribution in [0, 0.1) is 0 Å². The van der Waals surface area contributed by atoms with Crippen molar-refractivity contribution in [2.24, 2.45) is 0 Å². The van der Waals surface area contributed by atoms with Gasteiger partial charge in [-0.25, -0.2) is 0 Å². The summed E-state index contributed by atoms with van der Waals surface area (Å²) in [7, 11) is 8.18. The summed E-state index contributed by atoms with van der Waals surface area (Å²) in [4.78, 5) is 29.5. The quantitative estimate of drug-likeness (QED) is 0.509. The summed E-state index contributed by atoms with van der Waals surface area (Å²) in [6.45, 7) is 3.47. The Bertz CT molecular complexity index is 715. The Morgan fingerprint density at radius 3 is 2.67 bits per heavy atom. The van der Waals surface area contributed by atoms with E-state index in [2.05, 4.69) is 32.1 Å². The number of allylic oxidation sites excluding steroid dienone is 3. The lowest BCUT2D eigenvalue weighted by Crippen LogP contribution is -2.64. The Kier molecular flexibility index (Phi) is 5.73. The number of nitrogens with zero attached hydrogens (tertiary/aromatic N) is 3. The minimum atomic E-state index is -0.0353. The SMILES string of the molecule is CCCCCC1=CC(=O)C=C2C1=CN1C[N+](C)(C)C(C(=O)CN(C)C)CC21. The number of unbranched alkanes of at least 4 members (excludes halogenated alkanes) is 2. The van der Waals surface area contributed by atoms with E-state index < -0.39 is 0 Å². The molecule has 1 aliphatic carbocycles. The van der Waals surface area contributed by atoms with Gasteiger partial charge in [-0.3, -0.25) is 9.59 Å². The van der Waals surface area contributed by atoms with Gasteiger partial charge < -0.3 is 14.3 Å². The molecule has 1 fully saturated rings. The van der Waals surface area contributed by atoms with Gasteiger partial charge in [-0.15, -0.1) is 0 Å². The molecule has 0 N–H and O–H groups in total. The van der Waals surface area contributed by atoms with Gasteiger partial charge >= 0.3 is 0 Å². The van der Waals surface area contributed by atoms with E-state index in [1.807, 2.05) is 25.1 Å². The summed E-state index contributed by atoms with van der Waals surface area (Å²) in [5, 5.41) is 0. The molecular formula is C22H34N3O2+. The van der Waals surface area contributed by atoms with Crippen LogP contribution in [0.2, 0.25) is 0 Å². The summed E-state index contributed by atoms with van der Waals surface area (Å²) in [6, 6.07) is 0.118. The van der Waals surface area contributed by atoms with Gasteiger partial charge in [0.25, 0.3) is 0 Å². The first-order chi connectivity index (χ1) is 12.7. The molecular weight excluding hydrogens is 338 g/mol. The molecule has 0 aromatic heterocycles. The van der Waals surface area contributed by atoms with Crippen molar-refractivity contribution in [3.8, 4) is 0 Å². The molecule has 27 heavy (non-hydrogen) atoms. The Labute approximate surface area is 163 Å². The van der Waals surface area contributed by atoms with Crippen molar-refractivity contribution in [3.05, 3.63) is 35.1 Å². The Balaban J connectivity index is 1.83. The molecule has 0 aromatic rings. The van der Waals surface area contributed by atoms with E-state index in [0.717, 1.165) is 31.5 Å². The zero-order chi connectivity index (χ0) is 19.8. The van der Waals surface area contributed by atoms with Crippen molar-refractivity contribution in [3.63, 3.8) is 0 Å². The van der Waals surface area contributed by atoms with Gasteiger partial charge in [-0.1, -0.05) is 19.8 Å². The zero-order valence-electron chi connectivity index (χ0n) is 17.5. The normalized spacial score (nSPS) is 26.4. The molecule has 2 atom stereocenters. The Morgan fingerprint density at radius 2 is 2.00 bits per heavy atom. The van der Waals surface area contributed by atoms with E-state index in [1.165, 1.54) is 24.0 Å². The van der Waals surface area contributed by atoms with Gasteiger partial charge in [0.1, 0.15) is 0 Å². The van der Waals surface area contributed by atoms with Crippen LogP contribution in [0.4, 0.5) is 0 Å². The van der Waals surface area contributed by atoms with Crippen LogP contribution in [0.15, 0.2) is 35.1 Å². The van der Waals surface area contributed by atoms with Crippen molar-refractivity contribution in [2.75, 3.05) is 41.4 Å². The number of Topliss-reactive ketones (excluding diaryl/α,β-unsaturated/α-hetero) is 1. The van der Waals surface area contributed by atoms with E-state index in [1.54, 1.807) is 6.08 Å². The molecule has 0 amide bonds. The predicted octanol–water partition coefficient (Wildman–Crippen LogP) is 2.51. The summed E-state index contributed by atoms with van der Waals surface area (Å²) < 4.78 is 0.670. The molecule has 3 rings (SSSR count). The number of ketones is 2. The number of carbonyl (C=O) groups is 2. The summed E-state index contributed by atoms with van der Waals surface area (Å²) in [6.07, 6.45) is 11.1. The monoisotopic (exact) mass is 372 g/mol. The molecule has 3 aliphatic rings. The van der Waals surface area contributed by atoms with Crippen LogP contribution in [0.5, 0.6) is 0 Å². The summed E-state index contributed by atoms with van der Waals surface area (Å²) >= 11 is 0. The van der Waals surface area contributed by atoms with Crippen molar-refractivity contribution in [2.45, 2.75) is 51.1 Å². The molecule has 2 unspecified atom stereocenters. The third-order valence-corrected chi connectivity index (χ3v) is 6.04. The van der Waals surface area contributed by atoms with Crippen LogP contribution in [0.1, 0.15) is 39.0 Å². The first kappa shape index (κ1) is 20.0. The minimum absolute atomic E-state index is 0.0353. The lowest BCUT2D eigenvalue weighted by atomic mass is 9.84. The third kappa shape index (κ3) is 4.09. The standard InChI is InChI=1S/C22H34N3O2/c1-6-7-8-9-16-10-17(26)11-18-19(16)13-24-15-25(4,5)21(12-20(18)24)22(27)14-23(2)3/h10-11,13,20-21H,6-9,12,14-15H2,1-5H3/q+1. The highest BCUT2D eigenvalue weighted by atomic mass is 16.1. The van der Waals surface area contributed by atoms with Gasteiger partial charge in [0, 0.05) is 12.6 Å². The number of hydrogen-bond donors (Lipinski definition) is 0. The predicted molar refractivity (Wildman–Crippen MR) is 108 cm³/mol. The van der Waals surface area contributed by atoms with Gasteiger partial charge in [0.2, 0.25) is 5.78 Å². The topological polar surface area (TPSA) is 40.6 Å². The van der Waals surface area contributed by atoms with Crippen LogP contribution in [-0.2, 0) is 9.59 Å². The molecule has 2 aliphatic heterocycles. The van der Waals surface area contributed by atoms with Crippen LogP contribution in [-0.4, -0.2) is 79.3 Å². The smallest absolute Gasteiger partial charge is 0.203 e. The Morgan fingerprint density at radius 1 is 1.26 bits per heavy atom. The second-order valence-electron chi connectivity index (χ2n) is 9.08. The molecule has 0 aromatic carbocycles. The van der Waals surface area contributed by atoms with Gasteiger partial charge in [0.05, 0.1) is 26.7 Å². The van der Waals surface area contributed by atoms with Crippen molar-refractivity contribution >= 4 is 11.6 Å². The second-order valence-corrected chi connectivity index (χ2v) is 9.08. The fraction of sp³-hybridized carbons (Fsp3) is 0.636. The lowest BCUT2D eigenvalue weighted by molar-refractivity contribution is -0.921. The van der Waals surface area contributed by atoms with Crippen molar-refractivity contribution in [1.82, 2.24) is 9.80 Å². The molecule has 0 spiro atoms. The van der Waals surface area contributed by atoms with Gasteiger partial charge in [-0.05, 0) is 55.8 Å². The highest BCUT2D eigenvalue weighted by Crippen LogP contribution is 2.42. The fourth-order valence-corrected chi connectivity index (χ4v) is 4.70. The number of quaternary nitrogens is 1. The lowest BCUT2D eigenvalue weighted by Gasteiger charge is -2.47. The van der Waals surface area contributed by atoms with E-state index >= 15 is 0 Å². The molecule has 2 heterocycles. The molecule has 5 heteroatoms. The molecule has 0 saturated carbocycles. The average molecular weight is 373 g/mol. The fourth-order valence-electron chi connectivity index (χ4n) is 4.70. The molecule has 5 nitrogen and oxygen atoms in total. The van der Waals surface area contributed by atoms with E-state index in [-0.39, 0.29) is 17.9 Å². The van der Waals surface area contributed by atoms with Crippen LogP contribution in [0.3, 0.4) is 0 Å². The molecule has 148 valence electrons. The summed E-state index contributed by atoms with van der Waals surface area (Å²) in [5.74, 6) is 0.394. The largest absolute Gasteiger partial charge is 0.324 e. The van der Waals surface area contributed by atoms with Gasteiger partial charge in [-0.2, -0.15) is 0 Å². The second kappa shape index (κ2) is 7.72. The Hall–Kier alpha value is -1.72. The zero-order valence-corrected chi connectivity index (χ0v) is 17.5. The highest BCUT2D eigenvalue weighted by Gasteiger charge is 2.48. The molecule has 0 radical (unpaired) electrons. The minimum Gasteiger partial charge on any atom is -0.324 e. The maximum Gasteiger partial charge on any atom is 0.203 e. The summed E-state index contributed by atoms with van der Waals surface area (Å²) in [5.41, 5.74) is 3.55. The number of likely N-dealkylation sites (N-methyl/N-ethyl adjacent to an activating group) is 2. The maximum absolute atomic E-state index is 12.9. The first-order valence-corrected chi connectivity index (χ1v) is 10.2. The van der Waals surface area contributed by atoms with Crippen molar-refractivity contribution < 1.29 is 14.1 Å². The number of carbonyl (C=O) groups excluding carboxylic acids is 2. The highest BCUT2D eigenvalue weighted by molar-refractivity contribution is 6.04. The number of fused-ring (bicyclic) bond motifs is 3. The van der Waals surface area contributed by atoms with E-state index in [4.69, 9.17) is 0 Å². The van der Waals surface area contributed by atoms with Gasteiger partial charge in [0.15, 0.2) is 18.5 Å². The number of hydrogen-bond acceptors (Lipinski definition) is 4. The van der Waals surface area contributed by atoms with Crippen LogP contribution in [0.25, 0.3) is 0 Å². The molecule has 0 bridgehead atoms. The average Bonchev–Trinajstić information content (AvgIpc) is 2.89. The number of rotatable bonds is 7. The van der Waals surface area contributed by atoms with E-state index in [0.29, 0.717) is 16.8 Å².